The molecule has 0 bridgehead atoms. The predicted octanol–water partition coefficient (Wildman–Crippen LogP) is 3.97. The third kappa shape index (κ3) is 3.85. The number of esters is 1. The minimum Gasteiger partial charge on any atom is -0.444 e. The van der Waals surface area contributed by atoms with Crippen molar-refractivity contribution in [3.05, 3.63) is 70.2 Å². The van der Waals surface area contributed by atoms with Crippen molar-refractivity contribution < 1.29 is 14.3 Å². The lowest BCUT2D eigenvalue weighted by atomic mass is 10.1. The Kier molecular flexibility index (Phi) is 5.30. The number of hydrogen-bond donors (Lipinski definition) is 0. The summed E-state index contributed by atoms with van der Waals surface area (Å²) in [5, 5.41) is 0. The van der Waals surface area contributed by atoms with Gasteiger partial charge in [-0.1, -0.05) is 46.3 Å². The summed E-state index contributed by atoms with van der Waals surface area (Å²) in [4.78, 5) is 27.0. The maximum absolute atomic E-state index is 12.8. The van der Waals surface area contributed by atoms with E-state index in [9.17, 15) is 9.59 Å². The fourth-order valence-corrected chi connectivity index (χ4v) is 3.02. The number of rotatable bonds is 4. The van der Waals surface area contributed by atoms with Crippen LogP contribution in [0.2, 0.25) is 0 Å². The molecule has 2 aromatic carbocycles. The van der Waals surface area contributed by atoms with Crippen molar-refractivity contribution in [1.29, 1.82) is 0 Å². The summed E-state index contributed by atoms with van der Waals surface area (Å²) < 4.78 is 6.47. The van der Waals surface area contributed by atoms with E-state index in [1.54, 1.807) is 29.2 Å². The van der Waals surface area contributed by atoms with Gasteiger partial charge in [-0.25, -0.2) is 4.79 Å². The van der Waals surface area contributed by atoms with E-state index in [4.69, 9.17) is 4.74 Å². The van der Waals surface area contributed by atoms with Crippen molar-refractivity contribution in [2.45, 2.75) is 18.9 Å². The fourth-order valence-electron chi connectivity index (χ4n) is 2.75. The number of hydrogen-bond acceptors (Lipinski definition) is 3. The van der Waals surface area contributed by atoms with E-state index in [-0.39, 0.29) is 5.91 Å². The van der Waals surface area contributed by atoms with E-state index in [1.165, 1.54) is 0 Å². The van der Waals surface area contributed by atoms with Crippen molar-refractivity contribution in [2.75, 3.05) is 13.1 Å². The summed E-state index contributed by atoms with van der Waals surface area (Å²) in [7, 11) is 0. The van der Waals surface area contributed by atoms with Crippen LogP contribution in [0.3, 0.4) is 0 Å². The van der Waals surface area contributed by atoms with E-state index in [0.717, 1.165) is 30.4 Å². The van der Waals surface area contributed by atoms with Gasteiger partial charge in [0.2, 0.25) is 6.10 Å². The molecule has 0 unspecified atom stereocenters. The molecule has 0 aromatic heterocycles. The monoisotopic (exact) mass is 387 g/mol. The molecule has 1 amide bonds. The summed E-state index contributed by atoms with van der Waals surface area (Å²) in [6.07, 6.45) is 1.09. The van der Waals surface area contributed by atoms with Crippen molar-refractivity contribution in [2.24, 2.45) is 0 Å². The van der Waals surface area contributed by atoms with Crippen molar-refractivity contribution in [3.8, 4) is 0 Å². The van der Waals surface area contributed by atoms with Gasteiger partial charge in [0.05, 0.1) is 5.56 Å². The molecule has 1 saturated heterocycles. The zero-order chi connectivity index (χ0) is 16.9. The molecular formula is C19H18BrNO3. The molecule has 3 rings (SSSR count). The van der Waals surface area contributed by atoms with Gasteiger partial charge < -0.3 is 9.64 Å². The first-order chi connectivity index (χ1) is 11.6. The fraction of sp³-hybridized carbons (Fsp3) is 0.263. The highest BCUT2D eigenvalue weighted by Gasteiger charge is 2.31. The van der Waals surface area contributed by atoms with Crippen LogP contribution < -0.4 is 0 Å². The SMILES string of the molecule is O=C(O[C@H](C(=O)N1CCCC1)c1ccccc1)c1ccc(Br)cc1. The second kappa shape index (κ2) is 7.62. The van der Waals surface area contributed by atoms with E-state index in [1.807, 2.05) is 30.3 Å². The van der Waals surface area contributed by atoms with Gasteiger partial charge in [0.15, 0.2) is 0 Å². The second-order valence-electron chi connectivity index (χ2n) is 5.74. The Morgan fingerprint density at radius 2 is 1.58 bits per heavy atom. The molecule has 124 valence electrons. The molecule has 0 spiro atoms. The molecule has 24 heavy (non-hydrogen) atoms. The summed E-state index contributed by atoms with van der Waals surface area (Å²) in [6.45, 7) is 1.44. The minimum atomic E-state index is -0.902. The van der Waals surface area contributed by atoms with Gasteiger partial charge in [0.1, 0.15) is 0 Å². The third-order valence-electron chi connectivity index (χ3n) is 4.05. The Hall–Kier alpha value is -2.14. The molecule has 0 saturated carbocycles. The number of amides is 1. The lowest BCUT2D eigenvalue weighted by molar-refractivity contribution is -0.140. The molecule has 5 heteroatoms. The van der Waals surface area contributed by atoms with Gasteiger partial charge in [-0.05, 0) is 37.1 Å². The molecule has 1 atom stereocenters. The van der Waals surface area contributed by atoms with Crippen LogP contribution >= 0.6 is 15.9 Å². The molecular weight excluding hydrogens is 370 g/mol. The normalized spacial score (nSPS) is 15.1. The summed E-state index contributed by atoms with van der Waals surface area (Å²) >= 11 is 3.34. The highest BCUT2D eigenvalue weighted by atomic mass is 79.9. The maximum Gasteiger partial charge on any atom is 0.339 e. The molecule has 1 aliphatic heterocycles. The summed E-state index contributed by atoms with van der Waals surface area (Å²) in [5.74, 6) is -0.645. The maximum atomic E-state index is 12.8. The number of ether oxygens (including phenoxy) is 1. The predicted molar refractivity (Wildman–Crippen MR) is 94.6 cm³/mol. The number of likely N-dealkylation sites (tertiary alicyclic amines) is 1. The molecule has 2 aromatic rings. The molecule has 0 radical (unpaired) electrons. The van der Waals surface area contributed by atoms with Crippen LogP contribution in [0, 0.1) is 0 Å². The first-order valence-electron chi connectivity index (χ1n) is 7.95. The van der Waals surface area contributed by atoms with Crippen LogP contribution in [-0.2, 0) is 9.53 Å². The minimum absolute atomic E-state index is 0.149. The van der Waals surface area contributed by atoms with Crippen molar-refractivity contribution >= 4 is 27.8 Å². The molecule has 1 aliphatic rings. The van der Waals surface area contributed by atoms with Crippen LogP contribution in [0.5, 0.6) is 0 Å². The average molecular weight is 388 g/mol. The number of carbonyl (C=O) groups is 2. The van der Waals surface area contributed by atoms with Crippen LogP contribution in [0.15, 0.2) is 59.1 Å². The van der Waals surface area contributed by atoms with Gasteiger partial charge >= 0.3 is 5.97 Å². The third-order valence-corrected chi connectivity index (χ3v) is 4.58. The van der Waals surface area contributed by atoms with E-state index in [0.29, 0.717) is 11.1 Å². The Balaban J connectivity index is 1.83. The van der Waals surface area contributed by atoms with Gasteiger partial charge in [0, 0.05) is 23.1 Å². The number of halogens is 1. The molecule has 1 heterocycles. The van der Waals surface area contributed by atoms with Crippen molar-refractivity contribution in [3.63, 3.8) is 0 Å². The topological polar surface area (TPSA) is 46.6 Å². The average Bonchev–Trinajstić information content (AvgIpc) is 3.15. The zero-order valence-electron chi connectivity index (χ0n) is 13.2. The Morgan fingerprint density at radius 3 is 2.21 bits per heavy atom. The van der Waals surface area contributed by atoms with E-state index >= 15 is 0 Å². The Bertz CT molecular complexity index is 709. The summed E-state index contributed by atoms with van der Waals surface area (Å²) in [6, 6.07) is 16.1. The number of benzene rings is 2. The van der Waals surface area contributed by atoms with Gasteiger partial charge in [0.25, 0.3) is 5.91 Å². The first kappa shape index (κ1) is 16.7. The lowest BCUT2D eigenvalue weighted by Gasteiger charge is -2.23. The van der Waals surface area contributed by atoms with Gasteiger partial charge in [-0.3, -0.25) is 4.79 Å². The van der Waals surface area contributed by atoms with E-state index < -0.39 is 12.1 Å². The zero-order valence-corrected chi connectivity index (χ0v) is 14.7. The molecule has 0 N–H and O–H groups in total. The number of carbonyl (C=O) groups excluding carboxylic acids is 2. The molecule has 0 aliphatic carbocycles. The van der Waals surface area contributed by atoms with Gasteiger partial charge in [-0.2, -0.15) is 0 Å². The highest BCUT2D eigenvalue weighted by molar-refractivity contribution is 9.10. The second-order valence-corrected chi connectivity index (χ2v) is 6.65. The molecule has 1 fully saturated rings. The smallest absolute Gasteiger partial charge is 0.339 e. The Labute approximate surface area is 149 Å². The standard InChI is InChI=1S/C19H18BrNO3/c20-16-10-8-15(9-11-16)19(23)24-17(14-6-2-1-3-7-14)18(22)21-12-4-5-13-21/h1-3,6-11,17H,4-5,12-13H2/t17-/m0/s1. The Morgan fingerprint density at radius 1 is 0.958 bits per heavy atom. The van der Waals surface area contributed by atoms with Crippen molar-refractivity contribution in [1.82, 2.24) is 4.90 Å². The highest BCUT2D eigenvalue weighted by Crippen LogP contribution is 2.24. The number of nitrogens with zero attached hydrogens (tertiary/aromatic N) is 1. The van der Waals surface area contributed by atoms with Gasteiger partial charge in [-0.15, -0.1) is 0 Å². The largest absolute Gasteiger partial charge is 0.444 e. The van der Waals surface area contributed by atoms with Crippen LogP contribution in [0.4, 0.5) is 0 Å². The van der Waals surface area contributed by atoms with Crippen LogP contribution in [0.25, 0.3) is 0 Å². The van der Waals surface area contributed by atoms with E-state index in [2.05, 4.69) is 15.9 Å². The van der Waals surface area contributed by atoms with Crippen LogP contribution in [-0.4, -0.2) is 29.9 Å². The van der Waals surface area contributed by atoms with Crippen LogP contribution in [0.1, 0.15) is 34.9 Å². The quantitative estimate of drug-likeness (QED) is 0.745. The first-order valence-corrected chi connectivity index (χ1v) is 8.75. The molecule has 4 nitrogen and oxygen atoms in total. The lowest BCUT2D eigenvalue weighted by Crippen LogP contribution is -2.34. The summed E-state index contributed by atoms with van der Waals surface area (Å²) in [5.41, 5.74) is 1.12.